The Labute approximate surface area is 223 Å². The number of hydrogen-bond donors (Lipinski definition) is 1. The van der Waals surface area contributed by atoms with Crippen LogP contribution >= 0.6 is 0 Å². The van der Waals surface area contributed by atoms with Crippen LogP contribution in [0.1, 0.15) is 62.3 Å². The molecule has 1 N–H and O–H groups in total. The monoisotopic (exact) mass is 513 g/mol. The van der Waals surface area contributed by atoms with Gasteiger partial charge in [0, 0.05) is 17.7 Å². The molecule has 0 aliphatic carbocycles. The Morgan fingerprint density at radius 1 is 1.00 bits per heavy atom. The average Bonchev–Trinajstić information content (AvgIpc) is 3.27. The minimum absolute atomic E-state index is 0.392. The van der Waals surface area contributed by atoms with Crippen LogP contribution in [0.2, 0.25) is 0 Å². The Morgan fingerprint density at radius 3 is 2.37 bits per heavy atom. The van der Waals surface area contributed by atoms with Crippen molar-refractivity contribution in [1.29, 1.82) is 0 Å². The standard InChI is InChI=1S/C31H35N3O4/c1-7-8-13-26-33-27-20(2)14-19-24(29(35)37-6)28(27)34(26)22-17-15-21(16-18-22)23-11-9-10-12-25(23)32-30(36)38-31(3,4)5/h9-12,14-19H,7-8,13H2,1-6H3,(H,32,36). The molecular weight excluding hydrogens is 478 g/mol. The summed E-state index contributed by atoms with van der Waals surface area (Å²) in [6, 6.07) is 19.4. The molecular formula is C31H35N3O4. The Bertz CT molecular complexity index is 1460. The van der Waals surface area contributed by atoms with Gasteiger partial charge in [0.1, 0.15) is 11.4 Å². The van der Waals surface area contributed by atoms with E-state index in [0.29, 0.717) is 11.3 Å². The van der Waals surface area contributed by atoms with Gasteiger partial charge in [0.15, 0.2) is 0 Å². The normalized spacial score (nSPS) is 11.4. The molecule has 0 spiro atoms. The van der Waals surface area contributed by atoms with Crippen molar-refractivity contribution in [3.63, 3.8) is 0 Å². The van der Waals surface area contributed by atoms with E-state index >= 15 is 0 Å². The summed E-state index contributed by atoms with van der Waals surface area (Å²) in [5, 5.41) is 2.87. The lowest BCUT2D eigenvalue weighted by Crippen LogP contribution is -2.27. The molecule has 38 heavy (non-hydrogen) atoms. The first-order valence-corrected chi connectivity index (χ1v) is 12.9. The van der Waals surface area contributed by atoms with Crippen molar-refractivity contribution in [3.05, 3.63) is 77.6 Å². The minimum Gasteiger partial charge on any atom is -0.465 e. The van der Waals surface area contributed by atoms with Crippen molar-refractivity contribution in [2.24, 2.45) is 0 Å². The van der Waals surface area contributed by atoms with E-state index in [1.54, 1.807) is 6.07 Å². The zero-order chi connectivity index (χ0) is 27.4. The molecule has 3 aromatic carbocycles. The molecule has 0 saturated heterocycles. The van der Waals surface area contributed by atoms with Gasteiger partial charge in [0.2, 0.25) is 0 Å². The number of rotatable bonds is 7. The molecule has 4 rings (SSSR count). The molecule has 4 aromatic rings. The SMILES string of the molecule is CCCCc1nc2c(C)ccc(C(=O)OC)c2n1-c1ccc(-c2ccccc2NC(=O)OC(C)(C)C)cc1. The number of nitrogens with one attached hydrogen (secondary N) is 1. The van der Waals surface area contributed by atoms with E-state index in [1.807, 2.05) is 82.3 Å². The molecule has 0 fully saturated rings. The number of imidazole rings is 1. The Hall–Kier alpha value is -4.13. The van der Waals surface area contributed by atoms with E-state index in [1.165, 1.54) is 7.11 Å². The maximum Gasteiger partial charge on any atom is 0.412 e. The molecule has 0 bridgehead atoms. The van der Waals surface area contributed by atoms with Gasteiger partial charge in [-0.05, 0) is 69.5 Å². The number of benzene rings is 3. The number of carbonyl (C=O) groups excluding carboxylic acids is 2. The van der Waals surface area contributed by atoms with Crippen LogP contribution in [-0.2, 0) is 15.9 Å². The number of anilines is 1. The number of unbranched alkanes of at least 4 members (excludes halogenated alkanes) is 1. The van der Waals surface area contributed by atoms with Gasteiger partial charge in [0.25, 0.3) is 0 Å². The molecule has 0 aliphatic heterocycles. The third-order valence-corrected chi connectivity index (χ3v) is 6.23. The number of para-hydroxylation sites is 1. The molecule has 1 heterocycles. The predicted octanol–water partition coefficient (Wildman–Crippen LogP) is 7.48. The van der Waals surface area contributed by atoms with Crippen LogP contribution in [0.4, 0.5) is 10.5 Å². The zero-order valence-corrected chi connectivity index (χ0v) is 22.9. The number of carbonyl (C=O) groups is 2. The van der Waals surface area contributed by atoms with Crippen molar-refractivity contribution in [2.75, 3.05) is 12.4 Å². The van der Waals surface area contributed by atoms with Gasteiger partial charge in [-0.3, -0.25) is 9.88 Å². The quantitative estimate of drug-likeness (QED) is 0.259. The van der Waals surface area contributed by atoms with E-state index < -0.39 is 17.7 Å². The molecule has 1 amide bonds. The van der Waals surface area contributed by atoms with E-state index in [9.17, 15) is 9.59 Å². The summed E-state index contributed by atoms with van der Waals surface area (Å²) in [4.78, 5) is 30.1. The summed E-state index contributed by atoms with van der Waals surface area (Å²) in [5.74, 6) is 0.512. The van der Waals surface area contributed by atoms with Gasteiger partial charge in [-0.2, -0.15) is 0 Å². The molecule has 0 aliphatic rings. The van der Waals surface area contributed by atoms with Crippen LogP contribution in [-0.4, -0.2) is 34.3 Å². The maximum absolute atomic E-state index is 12.7. The second-order valence-corrected chi connectivity index (χ2v) is 10.3. The van der Waals surface area contributed by atoms with Crippen LogP contribution in [0.3, 0.4) is 0 Å². The summed E-state index contributed by atoms with van der Waals surface area (Å²) in [6.45, 7) is 9.65. The lowest BCUT2D eigenvalue weighted by atomic mass is 10.0. The van der Waals surface area contributed by atoms with Crippen molar-refractivity contribution in [3.8, 4) is 16.8 Å². The average molecular weight is 514 g/mol. The number of aromatic nitrogens is 2. The highest BCUT2D eigenvalue weighted by Crippen LogP contribution is 2.32. The lowest BCUT2D eigenvalue weighted by molar-refractivity contribution is 0.0600. The zero-order valence-electron chi connectivity index (χ0n) is 22.9. The fourth-order valence-electron chi connectivity index (χ4n) is 4.46. The van der Waals surface area contributed by atoms with Gasteiger partial charge >= 0.3 is 12.1 Å². The molecule has 7 nitrogen and oxygen atoms in total. The largest absolute Gasteiger partial charge is 0.465 e. The number of methoxy groups -OCH3 is 1. The van der Waals surface area contributed by atoms with Crippen LogP contribution in [0.15, 0.2) is 60.7 Å². The lowest BCUT2D eigenvalue weighted by Gasteiger charge is -2.20. The fourth-order valence-corrected chi connectivity index (χ4v) is 4.46. The Morgan fingerprint density at radius 2 is 1.71 bits per heavy atom. The highest BCUT2D eigenvalue weighted by molar-refractivity contribution is 6.03. The van der Waals surface area contributed by atoms with Gasteiger partial charge in [-0.1, -0.05) is 49.7 Å². The minimum atomic E-state index is -0.592. The summed E-state index contributed by atoms with van der Waals surface area (Å²) in [6.07, 6.45) is 2.30. The van der Waals surface area contributed by atoms with Crippen LogP contribution in [0, 0.1) is 6.92 Å². The van der Waals surface area contributed by atoms with Gasteiger partial charge < -0.3 is 9.47 Å². The number of nitrogens with zero attached hydrogens (tertiary/aromatic N) is 2. The first kappa shape index (κ1) is 26.9. The van der Waals surface area contributed by atoms with Crippen molar-refractivity contribution in [1.82, 2.24) is 9.55 Å². The highest BCUT2D eigenvalue weighted by Gasteiger charge is 2.22. The van der Waals surface area contributed by atoms with Crippen molar-refractivity contribution >= 4 is 28.8 Å². The molecule has 0 unspecified atom stereocenters. The van der Waals surface area contributed by atoms with Gasteiger partial charge in [-0.25, -0.2) is 14.6 Å². The third kappa shape index (κ3) is 5.72. The fraction of sp³-hybridized carbons (Fsp3) is 0.323. The first-order valence-electron chi connectivity index (χ1n) is 12.9. The smallest absolute Gasteiger partial charge is 0.412 e. The van der Waals surface area contributed by atoms with Crippen LogP contribution in [0.25, 0.3) is 27.8 Å². The second kappa shape index (κ2) is 11.1. The Balaban J connectivity index is 1.78. The van der Waals surface area contributed by atoms with Gasteiger partial charge in [0.05, 0.1) is 29.4 Å². The summed E-state index contributed by atoms with van der Waals surface area (Å²) in [5.41, 5.74) is 5.82. The molecule has 7 heteroatoms. The maximum atomic E-state index is 12.7. The third-order valence-electron chi connectivity index (χ3n) is 6.23. The molecule has 0 radical (unpaired) electrons. The van der Waals surface area contributed by atoms with E-state index in [4.69, 9.17) is 14.5 Å². The number of ether oxygens (including phenoxy) is 2. The van der Waals surface area contributed by atoms with Crippen LogP contribution < -0.4 is 5.32 Å². The highest BCUT2D eigenvalue weighted by atomic mass is 16.6. The summed E-state index contributed by atoms with van der Waals surface area (Å²) >= 11 is 0. The number of esters is 1. The summed E-state index contributed by atoms with van der Waals surface area (Å²) < 4.78 is 12.6. The first-order chi connectivity index (χ1) is 18.1. The van der Waals surface area contributed by atoms with E-state index in [2.05, 4.69) is 16.8 Å². The number of fused-ring (bicyclic) bond motifs is 1. The Kier molecular flexibility index (Phi) is 7.86. The second-order valence-electron chi connectivity index (χ2n) is 10.3. The van der Waals surface area contributed by atoms with E-state index in [-0.39, 0.29) is 0 Å². The predicted molar refractivity (Wildman–Crippen MR) is 151 cm³/mol. The van der Waals surface area contributed by atoms with Crippen LogP contribution in [0.5, 0.6) is 0 Å². The molecule has 0 saturated carbocycles. The van der Waals surface area contributed by atoms with Gasteiger partial charge in [-0.15, -0.1) is 0 Å². The number of amides is 1. The topological polar surface area (TPSA) is 82.5 Å². The van der Waals surface area contributed by atoms with Crippen molar-refractivity contribution < 1.29 is 19.1 Å². The molecule has 198 valence electrons. The molecule has 0 atom stereocenters. The summed E-state index contributed by atoms with van der Waals surface area (Å²) in [7, 11) is 1.39. The van der Waals surface area contributed by atoms with E-state index in [0.717, 1.165) is 58.5 Å². The number of hydrogen-bond acceptors (Lipinski definition) is 5. The van der Waals surface area contributed by atoms with Crippen molar-refractivity contribution in [2.45, 2.75) is 59.5 Å². The molecule has 1 aromatic heterocycles. The number of aryl methyl sites for hydroxylation is 2.